The first kappa shape index (κ1) is 17.1. The lowest BCUT2D eigenvalue weighted by molar-refractivity contribution is 0.267. The SMILES string of the molecule is CCCCN(CC)CCC(NC)c1cc(F)cc(F)c1. The number of unbranched alkanes of at least 4 members (excludes halogenated alkanes) is 1. The summed E-state index contributed by atoms with van der Waals surface area (Å²) in [5.74, 6) is -1.03. The Morgan fingerprint density at radius 3 is 2.25 bits per heavy atom. The van der Waals surface area contributed by atoms with Gasteiger partial charge in [-0.15, -0.1) is 0 Å². The van der Waals surface area contributed by atoms with Gasteiger partial charge in [-0.2, -0.15) is 0 Å². The van der Waals surface area contributed by atoms with Gasteiger partial charge in [0.25, 0.3) is 0 Å². The van der Waals surface area contributed by atoms with E-state index in [1.54, 1.807) is 0 Å². The predicted molar refractivity (Wildman–Crippen MR) is 79.8 cm³/mol. The van der Waals surface area contributed by atoms with Crippen LogP contribution in [0.4, 0.5) is 8.78 Å². The summed E-state index contributed by atoms with van der Waals surface area (Å²) < 4.78 is 26.6. The molecule has 0 aliphatic heterocycles. The van der Waals surface area contributed by atoms with Gasteiger partial charge in [0.05, 0.1) is 0 Å². The van der Waals surface area contributed by atoms with Gasteiger partial charge in [0.1, 0.15) is 11.6 Å². The van der Waals surface area contributed by atoms with Crippen LogP contribution in [0.15, 0.2) is 18.2 Å². The number of nitrogens with zero attached hydrogens (tertiary/aromatic N) is 1. The van der Waals surface area contributed by atoms with Gasteiger partial charge in [-0.3, -0.25) is 0 Å². The molecular formula is C16H26F2N2. The quantitative estimate of drug-likeness (QED) is 0.743. The van der Waals surface area contributed by atoms with Crippen LogP contribution in [-0.4, -0.2) is 31.6 Å². The van der Waals surface area contributed by atoms with Crippen LogP contribution in [-0.2, 0) is 0 Å². The Hall–Kier alpha value is -1.00. The van der Waals surface area contributed by atoms with Crippen LogP contribution in [0.1, 0.15) is 44.7 Å². The van der Waals surface area contributed by atoms with Crippen LogP contribution >= 0.6 is 0 Å². The first-order valence-electron chi connectivity index (χ1n) is 7.46. The molecule has 1 aromatic rings. The van der Waals surface area contributed by atoms with Crippen molar-refractivity contribution >= 4 is 0 Å². The fraction of sp³-hybridized carbons (Fsp3) is 0.625. The van der Waals surface area contributed by atoms with Crippen LogP contribution in [0.5, 0.6) is 0 Å². The van der Waals surface area contributed by atoms with Gasteiger partial charge in [-0.05, 0) is 57.2 Å². The summed E-state index contributed by atoms with van der Waals surface area (Å²) in [6.07, 6.45) is 3.21. The van der Waals surface area contributed by atoms with Crippen molar-refractivity contribution in [2.75, 3.05) is 26.7 Å². The van der Waals surface area contributed by atoms with Crippen molar-refractivity contribution in [3.05, 3.63) is 35.4 Å². The predicted octanol–water partition coefficient (Wildman–Crippen LogP) is 3.74. The van der Waals surface area contributed by atoms with Crippen molar-refractivity contribution in [1.82, 2.24) is 10.2 Å². The van der Waals surface area contributed by atoms with Crippen molar-refractivity contribution in [2.24, 2.45) is 0 Å². The third kappa shape index (κ3) is 5.55. The van der Waals surface area contributed by atoms with Gasteiger partial charge in [-0.25, -0.2) is 8.78 Å². The van der Waals surface area contributed by atoms with Crippen LogP contribution in [0.2, 0.25) is 0 Å². The van der Waals surface area contributed by atoms with Gasteiger partial charge in [0.2, 0.25) is 0 Å². The molecule has 2 nitrogen and oxygen atoms in total. The highest BCUT2D eigenvalue weighted by molar-refractivity contribution is 5.21. The molecule has 0 saturated carbocycles. The molecule has 1 aromatic carbocycles. The standard InChI is InChI=1S/C16H26F2N2/c1-4-6-8-20(5-2)9-7-16(19-3)13-10-14(17)12-15(18)11-13/h10-12,16,19H,4-9H2,1-3H3. The highest BCUT2D eigenvalue weighted by atomic mass is 19.1. The summed E-state index contributed by atoms with van der Waals surface area (Å²) in [6.45, 7) is 7.35. The minimum atomic E-state index is -0.515. The van der Waals surface area contributed by atoms with Crippen molar-refractivity contribution < 1.29 is 8.78 Å². The van der Waals surface area contributed by atoms with Crippen molar-refractivity contribution in [3.8, 4) is 0 Å². The Bertz CT molecular complexity index is 376. The Kier molecular flexibility index (Phi) is 7.70. The number of benzene rings is 1. The Morgan fingerprint density at radius 1 is 1.10 bits per heavy atom. The van der Waals surface area contributed by atoms with E-state index in [1.807, 2.05) is 7.05 Å². The van der Waals surface area contributed by atoms with E-state index in [9.17, 15) is 8.78 Å². The van der Waals surface area contributed by atoms with Crippen molar-refractivity contribution in [1.29, 1.82) is 0 Å². The summed E-state index contributed by atoms with van der Waals surface area (Å²) in [6, 6.07) is 3.71. The smallest absolute Gasteiger partial charge is 0.126 e. The minimum Gasteiger partial charge on any atom is -0.313 e. The maximum absolute atomic E-state index is 13.3. The van der Waals surface area contributed by atoms with E-state index in [1.165, 1.54) is 25.0 Å². The fourth-order valence-corrected chi connectivity index (χ4v) is 2.38. The molecule has 0 radical (unpaired) electrons. The second-order valence-corrected chi connectivity index (χ2v) is 5.12. The summed E-state index contributed by atoms with van der Waals surface area (Å²) >= 11 is 0. The van der Waals surface area contributed by atoms with E-state index in [4.69, 9.17) is 0 Å². The van der Waals surface area contributed by atoms with Gasteiger partial charge in [0, 0.05) is 12.1 Å². The molecule has 20 heavy (non-hydrogen) atoms. The van der Waals surface area contributed by atoms with E-state index in [-0.39, 0.29) is 6.04 Å². The zero-order chi connectivity index (χ0) is 15.0. The lowest BCUT2D eigenvalue weighted by Crippen LogP contribution is -2.29. The molecule has 0 spiro atoms. The van der Waals surface area contributed by atoms with Gasteiger partial charge in [-0.1, -0.05) is 20.3 Å². The van der Waals surface area contributed by atoms with E-state index in [0.717, 1.165) is 32.1 Å². The van der Waals surface area contributed by atoms with Gasteiger partial charge >= 0.3 is 0 Å². The molecule has 1 unspecified atom stereocenters. The Balaban J connectivity index is 2.62. The fourth-order valence-electron chi connectivity index (χ4n) is 2.38. The first-order chi connectivity index (χ1) is 9.60. The molecule has 4 heteroatoms. The molecule has 1 rings (SSSR count). The Morgan fingerprint density at radius 2 is 1.75 bits per heavy atom. The number of hydrogen-bond donors (Lipinski definition) is 1. The molecule has 1 atom stereocenters. The maximum atomic E-state index is 13.3. The zero-order valence-electron chi connectivity index (χ0n) is 12.8. The van der Waals surface area contributed by atoms with Crippen LogP contribution in [0.3, 0.4) is 0 Å². The summed E-state index contributed by atoms with van der Waals surface area (Å²) in [7, 11) is 1.83. The second-order valence-electron chi connectivity index (χ2n) is 5.12. The highest BCUT2D eigenvalue weighted by Crippen LogP contribution is 2.19. The molecule has 0 heterocycles. The average Bonchev–Trinajstić information content (AvgIpc) is 2.41. The first-order valence-corrected chi connectivity index (χ1v) is 7.46. The maximum Gasteiger partial charge on any atom is 0.126 e. The van der Waals surface area contributed by atoms with Crippen molar-refractivity contribution in [3.63, 3.8) is 0 Å². The van der Waals surface area contributed by atoms with Crippen LogP contribution in [0, 0.1) is 11.6 Å². The third-order valence-electron chi connectivity index (χ3n) is 3.64. The normalized spacial score (nSPS) is 12.9. The lowest BCUT2D eigenvalue weighted by atomic mass is 10.0. The van der Waals surface area contributed by atoms with E-state index in [2.05, 4.69) is 24.1 Å². The molecule has 0 aliphatic rings. The van der Waals surface area contributed by atoms with E-state index >= 15 is 0 Å². The average molecular weight is 284 g/mol. The minimum absolute atomic E-state index is 0.0177. The molecular weight excluding hydrogens is 258 g/mol. The molecule has 1 N–H and O–H groups in total. The number of rotatable bonds is 9. The van der Waals surface area contributed by atoms with Crippen molar-refractivity contribution in [2.45, 2.75) is 39.2 Å². The number of halogens is 2. The summed E-state index contributed by atoms with van der Waals surface area (Å²) in [5, 5.41) is 3.15. The molecule has 0 fully saturated rings. The van der Waals surface area contributed by atoms with Gasteiger partial charge < -0.3 is 10.2 Å². The summed E-state index contributed by atoms with van der Waals surface area (Å²) in [5.41, 5.74) is 0.677. The van der Waals surface area contributed by atoms with Crippen LogP contribution < -0.4 is 5.32 Å². The third-order valence-corrected chi connectivity index (χ3v) is 3.64. The summed E-state index contributed by atoms with van der Waals surface area (Å²) in [4.78, 5) is 2.38. The molecule has 0 bridgehead atoms. The van der Waals surface area contributed by atoms with Crippen LogP contribution in [0.25, 0.3) is 0 Å². The molecule has 0 aliphatic carbocycles. The molecule has 0 saturated heterocycles. The van der Waals surface area contributed by atoms with E-state index < -0.39 is 11.6 Å². The number of hydrogen-bond acceptors (Lipinski definition) is 2. The second kappa shape index (κ2) is 9.03. The Labute approximate surface area is 121 Å². The number of nitrogens with one attached hydrogen (secondary N) is 1. The monoisotopic (exact) mass is 284 g/mol. The molecule has 0 aromatic heterocycles. The molecule has 114 valence electrons. The van der Waals surface area contributed by atoms with E-state index in [0.29, 0.717) is 5.56 Å². The van der Waals surface area contributed by atoms with Gasteiger partial charge in [0.15, 0.2) is 0 Å². The lowest BCUT2D eigenvalue weighted by Gasteiger charge is -2.24. The highest BCUT2D eigenvalue weighted by Gasteiger charge is 2.13. The zero-order valence-corrected chi connectivity index (χ0v) is 12.8. The topological polar surface area (TPSA) is 15.3 Å². The largest absolute Gasteiger partial charge is 0.313 e. The molecule has 0 amide bonds.